The van der Waals surface area contributed by atoms with E-state index in [1.165, 1.54) is 0 Å². The van der Waals surface area contributed by atoms with Crippen LogP contribution in [-0.2, 0) is 15.9 Å². The number of nitrogens with two attached hydrogens (primary N) is 1. The maximum absolute atomic E-state index is 6.46. The minimum absolute atomic E-state index is 0.0787. The summed E-state index contributed by atoms with van der Waals surface area (Å²) >= 11 is 9.70. The molecule has 0 aliphatic carbocycles. The van der Waals surface area contributed by atoms with E-state index in [-0.39, 0.29) is 11.6 Å². The molecule has 20 heavy (non-hydrogen) atoms. The summed E-state index contributed by atoms with van der Waals surface area (Å²) in [5.41, 5.74) is 7.23. The number of hydrogen-bond donors (Lipinski definition) is 1. The quantitative estimate of drug-likeness (QED) is 0.871. The van der Waals surface area contributed by atoms with Crippen LogP contribution in [0.5, 0.6) is 0 Å². The zero-order chi connectivity index (χ0) is 14.6. The second kappa shape index (κ2) is 7.23. The van der Waals surface area contributed by atoms with Crippen LogP contribution in [0.3, 0.4) is 0 Å². The first-order valence-corrected chi connectivity index (χ1v) is 8.16. The van der Waals surface area contributed by atoms with E-state index >= 15 is 0 Å². The molecule has 0 amide bonds. The van der Waals surface area contributed by atoms with Gasteiger partial charge in [-0.15, -0.1) is 0 Å². The summed E-state index contributed by atoms with van der Waals surface area (Å²) in [6.07, 6.45) is 2.40. The van der Waals surface area contributed by atoms with Crippen molar-refractivity contribution in [2.24, 2.45) is 5.73 Å². The Morgan fingerprint density at radius 1 is 1.45 bits per heavy atom. The molecule has 1 saturated heterocycles. The van der Waals surface area contributed by atoms with Gasteiger partial charge in [0.2, 0.25) is 0 Å². The molecule has 1 fully saturated rings. The monoisotopic (exact) mass is 361 g/mol. The van der Waals surface area contributed by atoms with Gasteiger partial charge in [0, 0.05) is 48.2 Å². The topological polar surface area (TPSA) is 44.5 Å². The van der Waals surface area contributed by atoms with Crippen LogP contribution in [0.15, 0.2) is 22.7 Å². The van der Waals surface area contributed by atoms with E-state index < -0.39 is 0 Å². The average Bonchev–Trinajstić information content (AvgIpc) is 2.43. The SMILES string of the molecule is CCOC1(C(N)Cc2ccc(Br)cc2Cl)CCOCC1. The Kier molecular flexibility index (Phi) is 5.87. The molecule has 1 aliphatic rings. The number of rotatable bonds is 5. The first-order valence-electron chi connectivity index (χ1n) is 6.98. The summed E-state index contributed by atoms with van der Waals surface area (Å²) < 4.78 is 12.4. The maximum atomic E-state index is 6.46. The maximum Gasteiger partial charge on any atom is 0.0879 e. The zero-order valence-corrected chi connectivity index (χ0v) is 14.0. The third kappa shape index (κ3) is 3.74. The Hall–Kier alpha value is -0.130. The highest BCUT2D eigenvalue weighted by molar-refractivity contribution is 9.10. The van der Waals surface area contributed by atoms with Gasteiger partial charge in [-0.1, -0.05) is 33.6 Å². The van der Waals surface area contributed by atoms with Gasteiger partial charge in [0.15, 0.2) is 0 Å². The van der Waals surface area contributed by atoms with Crippen LogP contribution in [0.2, 0.25) is 5.02 Å². The van der Waals surface area contributed by atoms with Gasteiger partial charge < -0.3 is 15.2 Å². The van der Waals surface area contributed by atoms with E-state index in [1.54, 1.807) is 0 Å². The summed E-state index contributed by atoms with van der Waals surface area (Å²) in [7, 11) is 0. The number of halogens is 2. The van der Waals surface area contributed by atoms with Crippen LogP contribution in [0.4, 0.5) is 0 Å². The molecule has 1 aromatic rings. The lowest BCUT2D eigenvalue weighted by atomic mass is 9.83. The fraction of sp³-hybridized carbons (Fsp3) is 0.600. The minimum atomic E-state index is -0.288. The molecular formula is C15H21BrClNO2. The Bertz CT molecular complexity index is 444. The molecule has 3 nitrogen and oxygen atoms in total. The number of hydrogen-bond acceptors (Lipinski definition) is 3. The smallest absolute Gasteiger partial charge is 0.0879 e. The molecule has 1 aliphatic heterocycles. The van der Waals surface area contributed by atoms with Crippen molar-refractivity contribution in [3.8, 4) is 0 Å². The van der Waals surface area contributed by atoms with Crippen molar-refractivity contribution >= 4 is 27.5 Å². The fourth-order valence-corrected chi connectivity index (χ4v) is 3.49. The molecule has 5 heteroatoms. The molecule has 2 rings (SSSR count). The highest BCUT2D eigenvalue weighted by Crippen LogP contribution is 2.31. The Balaban J connectivity index is 2.13. The number of ether oxygens (including phenoxy) is 2. The largest absolute Gasteiger partial charge is 0.381 e. The molecule has 0 bridgehead atoms. The summed E-state index contributed by atoms with van der Waals surface area (Å²) in [6.45, 7) is 4.10. The minimum Gasteiger partial charge on any atom is -0.381 e. The molecular weight excluding hydrogens is 342 g/mol. The van der Waals surface area contributed by atoms with Crippen LogP contribution in [0.25, 0.3) is 0 Å². The van der Waals surface area contributed by atoms with Crippen LogP contribution in [-0.4, -0.2) is 31.5 Å². The Morgan fingerprint density at radius 2 is 2.15 bits per heavy atom. The number of benzene rings is 1. The lowest BCUT2D eigenvalue weighted by molar-refractivity contribution is -0.120. The normalized spacial score (nSPS) is 19.8. The predicted octanol–water partition coefficient (Wildman–Crippen LogP) is 3.56. The molecule has 0 aromatic heterocycles. The summed E-state index contributed by atoms with van der Waals surface area (Å²) in [5, 5.41) is 0.744. The van der Waals surface area contributed by atoms with Crippen LogP contribution in [0, 0.1) is 0 Å². The third-order valence-electron chi connectivity index (χ3n) is 3.90. The van der Waals surface area contributed by atoms with E-state index in [4.69, 9.17) is 26.8 Å². The lowest BCUT2D eigenvalue weighted by Gasteiger charge is -2.41. The van der Waals surface area contributed by atoms with E-state index in [1.807, 2.05) is 25.1 Å². The van der Waals surface area contributed by atoms with Crippen LogP contribution < -0.4 is 5.73 Å². The molecule has 0 spiro atoms. The van der Waals surface area contributed by atoms with Gasteiger partial charge in [-0.3, -0.25) is 0 Å². The fourth-order valence-electron chi connectivity index (χ4n) is 2.74. The van der Waals surface area contributed by atoms with Gasteiger partial charge in [0.1, 0.15) is 0 Å². The van der Waals surface area contributed by atoms with Crippen molar-refractivity contribution in [2.45, 2.75) is 37.8 Å². The predicted molar refractivity (Wildman–Crippen MR) is 85.2 cm³/mol. The van der Waals surface area contributed by atoms with Gasteiger partial charge in [-0.25, -0.2) is 0 Å². The second-order valence-corrected chi connectivity index (χ2v) is 6.48. The first kappa shape index (κ1) is 16.2. The average molecular weight is 363 g/mol. The molecule has 1 heterocycles. The first-order chi connectivity index (χ1) is 9.57. The Labute approximate surface area is 133 Å². The van der Waals surface area contributed by atoms with Crippen molar-refractivity contribution in [1.82, 2.24) is 0 Å². The highest BCUT2D eigenvalue weighted by Gasteiger charge is 2.39. The van der Waals surface area contributed by atoms with Gasteiger partial charge >= 0.3 is 0 Å². The molecule has 1 atom stereocenters. The summed E-state index contributed by atoms with van der Waals surface area (Å²) in [6, 6.07) is 5.84. The van der Waals surface area contributed by atoms with E-state index in [0.29, 0.717) is 26.2 Å². The van der Waals surface area contributed by atoms with Gasteiger partial charge in [0.25, 0.3) is 0 Å². The van der Waals surface area contributed by atoms with Crippen LogP contribution >= 0.6 is 27.5 Å². The Morgan fingerprint density at radius 3 is 2.75 bits per heavy atom. The van der Waals surface area contributed by atoms with Crippen molar-refractivity contribution in [2.75, 3.05) is 19.8 Å². The van der Waals surface area contributed by atoms with Crippen molar-refractivity contribution in [1.29, 1.82) is 0 Å². The summed E-state index contributed by atoms with van der Waals surface area (Å²) in [5.74, 6) is 0. The van der Waals surface area contributed by atoms with E-state index in [2.05, 4.69) is 15.9 Å². The van der Waals surface area contributed by atoms with E-state index in [9.17, 15) is 0 Å². The van der Waals surface area contributed by atoms with E-state index in [0.717, 1.165) is 27.9 Å². The highest BCUT2D eigenvalue weighted by atomic mass is 79.9. The zero-order valence-electron chi connectivity index (χ0n) is 11.7. The van der Waals surface area contributed by atoms with Crippen LogP contribution in [0.1, 0.15) is 25.3 Å². The van der Waals surface area contributed by atoms with Gasteiger partial charge in [-0.2, -0.15) is 0 Å². The van der Waals surface area contributed by atoms with Gasteiger partial charge in [-0.05, 0) is 31.0 Å². The van der Waals surface area contributed by atoms with Gasteiger partial charge in [0.05, 0.1) is 5.60 Å². The molecule has 1 aromatic carbocycles. The molecule has 112 valence electrons. The second-order valence-electron chi connectivity index (χ2n) is 5.16. The molecule has 0 saturated carbocycles. The summed E-state index contributed by atoms with van der Waals surface area (Å²) in [4.78, 5) is 0. The standard InChI is InChI=1S/C15H21BrClNO2/c1-2-20-15(5-7-19-8-6-15)14(18)9-11-3-4-12(16)10-13(11)17/h3-4,10,14H,2,5-9,18H2,1H3. The molecule has 0 radical (unpaired) electrons. The molecule has 2 N–H and O–H groups in total. The lowest BCUT2D eigenvalue weighted by Crippen LogP contribution is -2.54. The van der Waals surface area contributed by atoms with Crippen molar-refractivity contribution in [3.63, 3.8) is 0 Å². The van der Waals surface area contributed by atoms with Crippen molar-refractivity contribution in [3.05, 3.63) is 33.3 Å². The third-order valence-corrected chi connectivity index (χ3v) is 4.75. The van der Waals surface area contributed by atoms with Crippen molar-refractivity contribution < 1.29 is 9.47 Å². The molecule has 1 unspecified atom stereocenters.